The maximum atomic E-state index is 11.3. The Labute approximate surface area is 106 Å². The molecule has 1 rings (SSSR count). The summed E-state index contributed by atoms with van der Waals surface area (Å²) in [6, 6.07) is 7.07. The molecule has 4 nitrogen and oxygen atoms in total. The fraction of sp³-hybridized carbons (Fsp3) is 0.417. The SMILES string of the molecule is CNCCNC(=O)CCOc1ccc(Cl)cc1. The second-order valence-corrected chi connectivity index (χ2v) is 3.94. The molecule has 1 aromatic carbocycles. The molecule has 0 aliphatic rings. The van der Waals surface area contributed by atoms with Gasteiger partial charge in [-0.1, -0.05) is 11.6 Å². The van der Waals surface area contributed by atoms with Gasteiger partial charge in [-0.2, -0.15) is 0 Å². The zero-order valence-corrected chi connectivity index (χ0v) is 10.6. The Hall–Kier alpha value is -1.26. The molecule has 0 saturated heterocycles. The monoisotopic (exact) mass is 256 g/mol. The molecule has 17 heavy (non-hydrogen) atoms. The first-order chi connectivity index (χ1) is 8.22. The topological polar surface area (TPSA) is 50.4 Å². The van der Waals surface area contributed by atoms with Crippen LogP contribution in [0.4, 0.5) is 0 Å². The number of hydrogen-bond acceptors (Lipinski definition) is 3. The van der Waals surface area contributed by atoms with Crippen LogP contribution in [0.3, 0.4) is 0 Å². The summed E-state index contributed by atoms with van der Waals surface area (Å²) in [5.41, 5.74) is 0. The van der Waals surface area contributed by atoms with Crippen molar-refractivity contribution in [3.8, 4) is 5.75 Å². The minimum atomic E-state index is -0.00536. The van der Waals surface area contributed by atoms with Crippen LogP contribution in [-0.2, 0) is 4.79 Å². The number of ether oxygens (including phenoxy) is 1. The highest BCUT2D eigenvalue weighted by molar-refractivity contribution is 6.30. The van der Waals surface area contributed by atoms with Crippen molar-refractivity contribution in [1.82, 2.24) is 10.6 Å². The van der Waals surface area contributed by atoms with Crippen molar-refractivity contribution in [2.45, 2.75) is 6.42 Å². The number of amides is 1. The van der Waals surface area contributed by atoms with E-state index in [0.29, 0.717) is 24.6 Å². The van der Waals surface area contributed by atoms with E-state index in [1.54, 1.807) is 24.3 Å². The van der Waals surface area contributed by atoms with Gasteiger partial charge in [0.05, 0.1) is 13.0 Å². The smallest absolute Gasteiger partial charge is 0.223 e. The molecule has 0 aliphatic carbocycles. The van der Waals surface area contributed by atoms with Crippen LogP contribution in [0.25, 0.3) is 0 Å². The van der Waals surface area contributed by atoms with Gasteiger partial charge in [-0.25, -0.2) is 0 Å². The molecule has 0 spiro atoms. The summed E-state index contributed by atoms with van der Waals surface area (Å²) in [4.78, 5) is 11.3. The molecule has 0 fully saturated rings. The molecule has 0 unspecified atom stereocenters. The Balaban J connectivity index is 2.14. The zero-order valence-electron chi connectivity index (χ0n) is 9.83. The fourth-order valence-corrected chi connectivity index (χ4v) is 1.33. The van der Waals surface area contributed by atoms with Crippen molar-refractivity contribution in [3.63, 3.8) is 0 Å². The second-order valence-electron chi connectivity index (χ2n) is 3.51. The van der Waals surface area contributed by atoms with Gasteiger partial charge in [0.1, 0.15) is 5.75 Å². The van der Waals surface area contributed by atoms with Crippen LogP contribution in [-0.4, -0.2) is 32.7 Å². The number of rotatable bonds is 7. The summed E-state index contributed by atoms with van der Waals surface area (Å²) in [7, 11) is 1.84. The van der Waals surface area contributed by atoms with E-state index in [1.807, 2.05) is 7.05 Å². The van der Waals surface area contributed by atoms with E-state index < -0.39 is 0 Å². The van der Waals surface area contributed by atoms with E-state index in [4.69, 9.17) is 16.3 Å². The lowest BCUT2D eigenvalue weighted by atomic mass is 10.3. The molecular formula is C12H17ClN2O2. The molecule has 2 N–H and O–H groups in total. The quantitative estimate of drug-likeness (QED) is 0.726. The predicted octanol–water partition coefficient (Wildman–Crippen LogP) is 1.44. The average molecular weight is 257 g/mol. The number of carbonyl (C=O) groups is 1. The number of carbonyl (C=O) groups excluding carboxylic acids is 1. The number of likely N-dealkylation sites (N-methyl/N-ethyl adjacent to an activating group) is 1. The largest absolute Gasteiger partial charge is 0.493 e. The molecular weight excluding hydrogens is 240 g/mol. The molecule has 0 saturated carbocycles. The van der Waals surface area contributed by atoms with Crippen LogP contribution in [0.1, 0.15) is 6.42 Å². The van der Waals surface area contributed by atoms with Crippen molar-refractivity contribution in [2.24, 2.45) is 0 Å². The first-order valence-electron chi connectivity index (χ1n) is 5.52. The van der Waals surface area contributed by atoms with Crippen LogP contribution >= 0.6 is 11.6 Å². The molecule has 0 heterocycles. The summed E-state index contributed by atoms with van der Waals surface area (Å²) in [6.45, 7) is 1.77. The molecule has 0 bridgehead atoms. The Bertz CT molecular complexity index is 341. The van der Waals surface area contributed by atoms with E-state index >= 15 is 0 Å². The van der Waals surface area contributed by atoms with Crippen molar-refractivity contribution < 1.29 is 9.53 Å². The van der Waals surface area contributed by atoms with E-state index in [2.05, 4.69) is 10.6 Å². The molecule has 1 amide bonds. The zero-order chi connectivity index (χ0) is 12.5. The van der Waals surface area contributed by atoms with Crippen LogP contribution in [0, 0.1) is 0 Å². The molecule has 94 valence electrons. The van der Waals surface area contributed by atoms with Gasteiger partial charge in [-0.05, 0) is 31.3 Å². The third-order valence-electron chi connectivity index (χ3n) is 2.11. The van der Waals surface area contributed by atoms with Gasteiger partial charge in [0.2, 0.25) is 5.91 Å². The minimum absolute atomic E-state index is 0.00536. The van der Waals surface area contributed by atoms with Crippen molar-refractivity contribution in [2.75, 3.05) is 26.7 Å². The molecule has 5 heteroatoms. The first-order valence-corrected chi connectivity index (χ1v) is 5.90. The second kappa shape index (κ2) is 7.92. The van der Waals surface area contributed by atoms with Crippen molar-refractivity contribution >= 4 is 17.5 Å². The summed E-state index contributed by atoms with van der Waals surface area (Å²) < 4.78 is 5.40. The third kappa shape index (κ3) is 6.14. The first kappa shape index (κ1) is 13.8. The van der Waals surface area contributed by atoms with Gasteiger partial charge in [0.15, 0.2) is 0 Å². The predicted molar refractivity (Wildman–Crippen MR) is 68.5 cm³/mol. The highest BCUT2D eigenvalue weighted by Crippen LogP contribution is 2.15. The van der Waals surface area contributed by atoms with Crippen LogP contribution in [0.15, 0.2) is 24.3 Å². The van der Waals surface area contributed by atoms with Gasteiger partial charge in [0, 0.05) is 18.1 Å². The van der Waals surface area contributed by atoms with Crippen LogP contribution < -0.4 is 15.4 Å². The molecule has 0 atom stereocenters. The average Bonchev–Trinajstić information content (AvgIpc) is 2.32. The van der Waals surface area contributed by atoms with E-state index in [0.717, 1.165) is 12.3 Å². The number of hydrogen-bond donors (Lipinski definition) is 2. The minimum Gasteiger partial charge on any atom is -0.493 e. The third-order valence-corrected chi connectivity index (χ3v) is 2.36. The van der Waals surface area contributed by atoms with Crippen LogP contribution in [0.5, 0.6) is 5.75 Å². The number of benzene rings is 1. The molecule has 1 aromatic rings. The van der Waals surface area contributed by atoms with Gasteiger partial charge in [0.25, 0.3) is 0 Å². The van der Waals surface area contributed by atoms with E-state index in [-0.39, 0.29) is 5.91 Å². The summed E-state index contributed by atoms with van der Waals surface area (Å²) in [5.74, 6) is 0.714. The van der Waals surface area contributed by atoms with E-state index in [1.165, 1.54) is 0 Å². The van der Waals surface area contributed by atoms with Gasteiger partial charge < -0.3 is 15.4 Å². The molecule has 0 aliphatic heterocycles. The lowest BCUT2D eigenvalue weighted by molar-refractivity contribution is -0.121. The Morgan fingerprint density at radius 1 is 1.29 bits per heavy atom. The van der Waals surface area contributed by atoms with Crippen molar-refractivity contribution in [3.05, 3.63) is 29.3 Å². The fourth-order valence-electron chi connectivity index (χ4n) is 1.21. The van der Waals surface area contributed by atoms with Gasteiger partial charge in [-0.3, -0.25) is 4.79 Å². The lowest BCUT2D eigenvalue weighted by Gasteiger charge is -2.07. The highest BCUT2D eigenvalue weighted by atomic mass is 35.5. The Morgan fingerprint density at radius 2 is 2.00 bits per heavy atom. The van der Waals surface area contributed by atoms with Gasteiger partial charge >= 0.3 is 0 Å². The number of nitrogens with one attached hydrogen (secondary N) is 2. The maximum Gasteiger partial charge on any atom is 0.223 e. The molecule has 0 aromatic heterocycles. The Morgan fingerprint density at radius 3 is 2.65 bits per heavy atom. The number of halogens is 1. The summed E-state index contributed by atoms with van der Waals surface area (Å²) >= 11 is 5.74. The summed E-state index contributed by atoms with van der Waals surface area (Å²) in [6.07, 6.45) is 0.354. The van der Waals surface area contributed by atoms with Crippen molar-refractivity contribution in [1.29, 1.82) is 0 Å². The normalized spacial score (nSPS) is 10.0. The Kier molecular flexibility index (Phi) is 6.43. The highest BCUT2D eigenvalue weighted by Gasteiger charge is 2.00. The summed E-state index contributed by atoms with van der Waals surface area (Å²) in [5, 5.41) is 6.40. The molecule has 0 radical (unpaired) electrons. The maximum absolute atomic E-state index is 11.3. The lowest BCUT2D eigenvalue weighted by Crippen LogP contribution is -2.31. The standard InChI is InChI=1S/C12H17ClN2O2/c1-14-7-8-15-12(16)6-9-17-11-4-2-10(13)3-5-11/h2-5,14H,6-9H2,1H3,(H,15,16). The van der Waals surface area contributed by atoms with E-state index in [9.17, 15) is 4.79 Å². The van der Waals surface area contributed by atoms with Gasteiger partial charge in [-0.15, -0.1) is 0 Å². The van der Waals surface area contributed by atoms with Crippen LogP contribution in [0.2, 0.25) is 5.02 Å².